The van der Waals surface area contributed by atoms with Gasteiger partial charge in [-0.3, -0.25) is 9.78 Å². The molecule has 1 amide bonds. The molecule has 0 fully saturated rings. The Labute approximate surface area is 133 Å². The minimum atomic E-state index is -0.671. The van der Waals surface area contributed by atoms with Crippen molar-refractivity contribution >= 4 is 17.5 Å². The zero-order valence-corrected chi connectivity index (χ0v) is 12.6. The van der Waals surface area contributed by atoms with E-state index in [1.54, 1.807) is 12.3 Å². The average Bonchev–Trinajstić information content (AvgIpc) is 2.52. The molecule has 2 aromatic rings. The Morgan fingerprint density at radius 3 is 2.77 bits per heavy atom. The van der Waals surface area contributed by atoms with E-state index in [-0.39, 0.29) is 29.7 Å². The molecule has 0 radical (unpaired) electrons. The van der Waals surface area contributed by atoms with Crippen molar-refractivity contribution < 1.29 is 14.3 Å². The molecule has 2 rings (SSSR count). The third-order valence-corrected chi connectivity index (χ3v) is 3.54. The minimum Gasteiger partial charge on any atom is -0.396 e. The first-order chi connectivity index (χ1) is 10.6. The van der Waals surface area contributed by atoms with Gasteiger partial charge >= 0.3 is 0 Å². The Hall–Kier alpha value is -1.98. The second-order valence-electron chi connectivity index (χ2n) is 4.88. The van der Waals surface area contributed by atoms with Crippen LogP contribution in [0.3, 0.4) is 0 Å². The molecule has 2 N–H and O–H groups in total. The predicted octanol–water partition coefficient (Wildman–Crippen LogP) is 2.46. The fourth-order valence-electron chi connectivity index (χ4n) is 2.06. The van der Waals surface area contributed by atoms with Gasteiger partial charge in [-0.05, 0) is 30.7 Å². The number of amides is 1. The Morgan fingerprint density at radius 1 is 1.32 bits per heavy atom. The van der Waals surface area contributed by atoms with Gasteiger partial charge in [0.15, 0.2) is 0 Å². The molecule has 1 heterocycles. The topological polar surface area (TPSA) is 62.2 Å². The van der Waals surface area contributed by atoms with Crippen LogP contribution in [-0.2, 0) is 6.42 Å². The monoisotopic (exact) mass is 322 g/mol. The highest BCUT2D eigenvalue weighted by atomic mass is 35.5. The molecule has 0 saturated heterocycles. The number of halogens is 2. The standard InChI is InChI=1S/C16H16ClFN2O2/c17-13-5-3-6-14(18)15(13)16(22)20-9-11(10-21)8-12-4-1-2-7-19-12/h1-7,11,21H,8-10H2,(H,20,22). The van der Waals surface area contributed by atoms with Crippen LogP contribution in [0.1, 0.15) is 16.1 Å². The molecule has 1 unspecified atom stereocenters. The number of carbonyl (C=O) groups is 1. The Bertz CT molecular complexity index is 617. The maximum Gasteiger partial charge on any atom is 0.255 e. The summed E-state index contributed by atoms with van der Waals surface area (Å²) in [6, 6.07) is 9.58. The minimum absolute atomic E-state index is 0.0581. The molecule has 4 nitrogen and oxygen atoms in total. The Morgan fingerprint density at radius 2 is 2.14 bits per heavy atom. The highest BCUT2D eigenvalue weighted by Gasteiger charge is 2.17. The molecular formula is C16H16ClFN2O2. The molecule has 0 spiro atoms. The first-order valence-corrected chi connectivity index (χ1v) is 7.22. The number of pyridine rings is 1. The number of carbonyl (C=O) groups excluding carboxylic acids is 1. The van der Waals surface area contributed by atoms with Gasteiger partial charge in [0.25, 0.3) is 5.91 Å². The summed E-state index contributed by atoms with van der Waals surface area (Å²) in [6.45, 7) is 0.0957. The van der Waals surface area contributed by atoms with Crippen molar-refractivity contribution in [1.82, 2.24) is 10.3 Å². The normalized spacial score (nSPS) is 12.0. The van der Waals surface area contributed by atoms with Gasteiger partial charge in [0.2, 0.25) is 0 Å². The van der Waals surface area contributed by atoms with E-state index in [0.717, 1.165) is 5.69 Å². The van der Waals surface area contributed by atoms with E-state index in [1.807, 2.05) is 12.1 Å². The van der Waals surface area contributed by atoms with Crippen LogP contribution in [0.15, 0.2) is 42.6 Å². The van der Waals surface area contributed by atoms with Gasteiger partial charge in [0.05, 0.1) is 10.6 Å². The van der Waals surface area contributed by atoms with Crippen LogP contribution in [0.25, 0.3) is 0 Å². The van der Waals surface area contributed by atoms with E-state index < -0.39 is 11.7 Å². The molecule has 1 atom stereocenters. The van der Waals surface area contributed by atoms with E-state index in [1.165, 1.54) is 18.2 Å². The van der Waals surface area contributed by atoms with Crippen LogP contribution < -0.4 is 5.32 Å². The molecule has 0 aliphatic rings. The molecule has 116 valence electrons. The lowest BCUT2D eigenvalue weighted by Crippen LogP contribution is -2.32. The first-order valence-electron chi connectivity index (χ1n) is 6.84. The largest absolute Gasteiger partial charge is 0.396 e. The van der Waals surface area contributed by atoms with Crippen molar-refractivity contribution in [3.05, 3.63) is 64.7 Å². The van der Waals surface area contributed by atoms with E-state index in [0.29, 0.717) is 6.42 Å². The van der Waals surface area contributed by atoms with Gasteiger partial charge in [0, 0.05) is 31.0 Å². The summed E-state index contributed by atoms with van der Waals surface area (Å²) >= 11 is 5.84. The number of rotatable bonds is 6. The van der Waals surface area contributed by atoms with Gasteiger partial charge < -0.3 is 10.4 Å². The summed E-state index contributed by atoms with van der Waals surface area (Å²) in [5.74, 6) is -1.47. The van der Waals surface area contributed by atoms with Crippen LogP contribution in [0, 0.1) is 11.7 Å². The van der Waals surface area contributed by atoms with E-state index in [2.05, 4.69) is 10.3 Å². The number of aliphatic hydroxyl groups is 1. The molecule has 22 heavy (non-hydrogen) atoms. The number of aromatic nitrogens is 1. The van der Waals surface area contributed by atoms with E-state index in [4.69, 9.17) is 11.6 Å². The van der Waals surface area contributed by atoms with Crippen LogP contribution in [0.4, 0.5) is 4.39 Å². The van der Waals surface area contributed by atoms with Gasteiger partial charge in [0.1, 0.15) is 5.82 Å². The second-order valence-corrected chi connectivity index (χ2v) is 5.29. The van der Waals surface area contributed by atoms with Crippen LogP contribution in [-0.4, -0.2) is 29.1 Å². The Kier molecular flexibility index (Phi) is 5.86. The predicted molar refractivity (Wildman–Crippen MR) is 82.3 cm³/mol. The molecule has 1 aromatic carbocycles. The molecule has 0 saturated carbocycles. The highest BCUT2D eigenvalue weighted by molar-refractivity contribution is 6.33. The zero-order chi connectivity index (χ0) is 15.9. The molecular weight excluding hydrogens is 307 g/mol. The lowest BCUT2D eigenvalue weighted by Gasteiger charge is -2.15. The summed E-state index contributed by atoms with van der Waals surface area (Å²) < 4.78 is 13.6. The fourth-order valence-corrected chi connectivity index (χ4v) is 2.30. The van der Waals surface area contributed by atoms with Crippen molar-refractivity contribution in [2.45, 2.75) is 6.42 Å². The zero-order valence-electron chi connectivity index (χ0n) is 11.8. The number of hydrogen-bond donors (Lipinski definition) is 2. The summed E-state index contributed by atoms with van der Waals surface area (Å²) in [5, 5.41) is 12.1. The van der Waals surface area contributed by atoms with Crippen molar-refractivity contribution in [2.75, 3.05) is 13.2 Å². The van der Waals surface area contributed by atoms with E-state index >= 15 is 0 Å². The number of nitrogens with one attached hydrogen (secondary N) is 1. The summed E-state index contributed by atoms with van der Waals surface area (Å²) in [4.78, 5) is 16.2. The molecule has 0 aliphatic carbocycles. The first kappa shape index (κ1) is 16.4. The Balaban J connectivity index is 1.97. The van der Waals surface area contributed by atoms with Crippen molar-refractivity contribution in [3.8, 4) is 0 Å². The number of nitrogens with zero attached hydrogens (tertiary/aromatic N) is 1. The quantitative estimate of drug-likeness (QED) is 0.858. The van der Waals surface area contributed by atoms with Gasteiger partial charge in [-0.2, -0.15) is 0 Å². The van der Waals surface area contributed by atoms with Crippen molar-refractivity contribution in [2.24, 2.45) is 5.92 Å². The third kappa shape index (κ3) is 4.26. The lowest BCUT2D eigenvalue weighted by molar-refractivity contribution is 0.0936. The van der Waals surface area contributed by atoms with Crippen LogP contribution in [0.5, 0.6) is 0 Å². The fraction of sp³-hybridized carbons (Fsp3) is 0.250. The molecule has 1 aromatic heterocycles. The smallest absolute Gasteiger partial charge is 0.255 e. The summed E-state index contributed by atoms with van der Waals surface area (Å²) in [7, 11) is 0. The van der Waals surface area contributed by atoms with Crippen molar-refractivity contribution in [3.63, 3.8) is 0 Å². The maximum absolute atomic E-state index is 13.6. The van der Waals surface area contributed by atoms with Gasteiger partial charge in [-0.15, -0.1) is 0 Å². The molecule has 0 bridgehead atoms. The van der Waals surface area contributed by atoms with Crippen LogP contribution >= 0.6 is 11.6 Å². The van der Waals surface area contributed by atoms with Gasteiger partial charge in [-0.1, -0.05) is 23.7 Å². The number of benzene rings is 1. The van der Waals surface area contributed by atoms with Crippen LogP contribution in [0.2, 0.25) is 5.02 Å². The van der Waals surface area contributed by atoms with E-state index in [9.17, 15) is 14.3 Å². The highest BCUT2D eigenvalue weighted by Crippen LogP contribution is 2.18. The summed E-state index contributed by atoms with van der Waals surface area (Å²) in [6.07, 6.45) is 2.18. The maximum atomic E-state index is 13.6. The third-order valence-electron chi connectivity index (χ3n) is 3.22. The molecule has 0 aliphatic heterocycles. The number of hydrogen-bond acceptors (Lipinski definition) is 3. The second kappa shape index (κ2) is 7.87. The molecule has 6 heteroatoms. The average molecular weight is 323 g/mol. The number of aliphatic hydroxyl groups excluding tert-OH is 1. The lowest BCUT2D eigenvalue weighted by atomic mass is 10.0. The SMILES string of the molecule is O=C(NCC(CO)Cc1ccccn1)c1c(F)cccc1Cl. The van der Waals surface area contributed by atoms with Crippen molar-refractivity contribution in [1.29, 1.82) is 0 Å². The summed E-state index contributed by atoms with van der Waals surface area (Å²) in [5.41, 5.74) is 0.637. The van der Waals surface area contributed by atoms with Gasteiger partial charge in [-0.25, -0.2) is 4.39 Å².